The van der Waals surface area contributed by atoms with Gasteiger partial charge in [0.25, 0.3) is 0 Å². The van der Waals surface area contributed by atoms with Crippen molar-refractivity contribution >= 4 is 44.8 Å². The molecule has 2 aromatic rings. The van der Waals surface area contributed by atoms with Crippen LogP contribution in [0.5, 0.6) is 5.75 Å². The Bertz CT molecular complexity index is 604. The van der Waals surface area contributed by atoms with Crippen LogP contribution in [0.15, 0.2) is 40.9 Å². The van der Waals surface area contributed by atoms with Crippen LogP contribution in [-0.4, -0.2) is 5.11 Å². The Morgan fingerprint density at radius 1 is 1.11 bits per heavy atom. The molecule has 0 fully saturated rings. The molecule has 0 aliphatic rings. The van der Waals surface area contributed by atoms with Crippen LogP contribution in [0.3, 0.4) is 0 Å². The minimum absolute atomic E-state index is 0.0289. The molecular formula is C14H12BrCl2NO. The second-order valence-corrected chi connectivity index (χ2v) is 5.93. The lowest BCUT2D eigenvalue weighted by molar-refractivity contribution is 0.475. The predicted molar refractivity (Wildman–Crippen MR) is 84.3 cm³/mol. The maximum atomic E-state index is 9.38. The number of nitrogens with one attached hydrogen (secondary N) is 1. The largest absolute Gasteiger partial charge is 0.506 e. The van der Waals surface area contributed by atoms with Gasteiger partial charge in [0.2, 0.25) is 0 Å². The van der Waals surface area contributed by atoms with E-state index in [1.165, 1.54) is 0 Å². The zero-order valence-electron chi connectivity index (χ0n) is 10.1. The van der Waals surface area contributed by atoms with Gasteiger partial charge in [-0.3, -0.25) is 0 Å². The van der Waals surface area contributed by atoms with E-state index in [9.17, 15) is 5.11 Å². The number of phenolic OH excluding ortho intramolecular Hbond substituents is 1. The number of hydrogen-bond acceptors (Lipinski definition) is 2. The Kier molecular flexibility index (Phi) is 4.61. The van der Waals surface area contributed by atoms with Crippen molar-refractivity contribution in [3.05, 3.63) is 56.5 Å². The summed E-state index contributed by atoms with van der Waals surface area (Å²) in [5.41, 5.74) is 1.82. The molecule has 0 bridgehead atoms. The molecule has 0 aliphatic heterocycles. The van der Waals surface area contributed by atoms with Gasteiger partial charge in [-0.15, -0.1) is 0 Å². The summed E-state index contributed by atoms with van der Waals surface area (Å²) in [5, 5.41) is 13.7. The molecule has 0 spiro atoms. The van der Waals surface area contributed by atoms with Crippen molar-refractivity contribution in [1.29, 1.82) is 0 Å². The van der Waals surface area contributed by atoms with Gasteiger partial charge in [0.05, 0.1) is 5.02 Å². The van der Waals surface area contributed by atoms with Crippen LogP contribution in [0.4, 0.5) is 5.69 Å². The van der Waals surface area contributed by atoms with Crippen molar-refractivity contribution in [1.82, 2.24) is 0 Å². The highest BCUT2D eigenvalue weighted by Crippen LogP contribution is 2.31. The topological polar surface area (TPSA) is 32.3 Å². The second-order valence-electron chi connectivity index (χ2n) is 4.20. The van der Waals surface area contributed by atoms with E-state index in [2.05, 4.69) is 21.2 Å². The van der Waals surface area contributed by atoms with Crippen LogP contribution < -0.4 is 5.32 Å². The minimum Gasteiger partial charge on any atom is -0.506 e. The molecule has 0 aromatic heterocycles. The normalized spacial score (nSPS) is 12.2. The zero-order valence-corrected chi connectivity index (χ0v) is 13.2. The first-order chi connectivity index (χ1) is 8.97. The molecule has 2 rings (SSSR count). The Hall–Kier alpha value is -0.900. The fourth-order valence-corrected chi connectivity index (χ4v) is 2.79. The summed E-state index contributed by atoms with van der Waals surface area (Å²) in [6.45, 7) is 2.01. The Morgan fingerprint density at radius 3 is 2.47 bits per heavy atom. The Morgan fingerprint density at radius 2 is 1.84 bits per heavy atom. The number of hydrogen-bond donors (Lipinski definition) is 2. The van der Waals surface area contributed by atoms with E-state index in [1.54, 1.807) is 18.2 Å². The van der Waals surface area contributed by atoms with Crippen LogP contribution in [0.1, 0.15) is 18.5 Å². The zero-order chi connectivity index (χ0) is 14.0. The number of rotatable bonds is 3. The number of phenols is 1. The SMILES string of the molecule is CC(Nc1ccc(O)c(Cl)c1)c1ccc(Br)cc1Cl. The third kappa shape index (κ3) is 3.56. The fraction of sp³-hybridized carbons (Fsp3) is 0.143. The average Bonchev–Trinajstić information content (AvgIpc) is 2.33. The van der Waals surface area contributed by atoms with Gasteiger partial charge in [-0.25, -0.2) is 0 Å². The summed E-state index contributed by atoms with van der Waals surface area (Å²) in [4.78, 5) is 0. The van der Waals surface area contributed by atoms with E-state index in [4.69, 9.17) is 23.2 Å². The van der Waals surface area contributed by atoms with E-state index in [0.717, 1.165) is 15.7 Å². The molecule has 100 valence electrons. The molecule has 2 nitrogen and oxygen atoms in total. The summed E-state index contributed by atoms with van der Waals surface area (Å²) in [5.74, 6) is 0.0709. The molecule has 2 aromatic carbocycles. The fourth-order valence-electron chi connectivity index (χ4n) is 1.78. The van der Waals surface area contributed by atoms with Crippen molar-refractivity contribution in [3.8, 4) is 5.75 Å². The first-order valence-electron chi connectivity index (χ1n) is 5.67. The van der Waals surface area contributed by atoms with Crippen molar-refractivity contribution in [2.45, 2.75) is 13.0 Å². The average molecular weight is 361 g/mol. The summed E-state index contributed by atoms with van der Waals surface area (Å²) in [6.07, 6.45) is 0. The highest BCUT2D eigenvalue weighted by atomic mass is 79.9. The molecule has 0 aliphatic carbocycles. The Labute approximate surface area is 130 Å². The molecule has 5 heteroatoms. The number of benzene rings is 2. The molecule has 0 saturated carbocycles. The molecular weight excluding hydrogens is 349 g/mol. The summed E-state index contributed by atoms with van der Waals surface area (Å²) in [7, 11) is 0. The van der Waals surface area contributed by atoms with Crippen LogP contribution >= 0.6 is 39.1 Å². The van der Waals surface area contributed by atoms with Gasteiger partial charge in [0.1, 0.15) is 5.75 Å². The van der Waals surface area contributed by atoms with Gasteiger partial charge in [0, 0.05) is 21.2 Å². The molecule has 0 radical (unpaired) electrons. The first kappa shape index (κ1) is 14.5. The second kappa shape index (κ2) is 6.04. The minimum atomic E-state index is 0.0289. The van der Waals surface area contributed by atoms with Crippen LogP contribution in [-0.2, 0) is 0 Å². The standard InChI is InChI=1S/C14H12BrCl2NO/c1-8(11-4-2-9(15)6-12(11)16)18-10-3-5-14(19)13(17)7-10/h2-8,18-19H,1H3. The highest BCUT2D eigenvalue weighted by Gasteiger charge is 2.10. The predicted octanol–water partition coefficient (Wildman–Crippen LogP) is 5.63. The maximum absolute atomic E-state index is 9.38. The van der Waals surface area contributed by atoms with Gasteiger partial charge in [-0.1, -0.05) is 45.2 Å². The Balaban J connectivity index is 2.20. The number of anilines is 1. The monoisotopic (exact) mass is 359 g/mol. The van der Waals surface area contributed by atoms with E-state index in [1.807, 2.05) is 25.1 Å². The van der Waals surface area contributed by atoms with Gasteiger partial charge in [-0.05, 0) is 42.8 Å². The van der Waals surface area contributed by atoms with Gasteiger partial charge < -0.3 is 10.4 Å². The molecule has 1 atom stereocenters. The molecule has 1 unspecified atom stereocenters. The third-order valence-electron chi connectivity index (χ3n) is 2.76. The van der Waals surface area contributed by atoms with Crippen LogP contribution in [0, 0.1) is 0 Å². The van der Waals surface area contributed by atoms with Crippen molar-refractivity contribution in [2.24, 2.45) is 0 Å². The maximum Gasteiger partial charge on any atom is 0.134 e. The quantitative estimate of drug-likeness (QED) is 0.694. The van der Waals surface area contributed by atoms with Crippen molar-refractivity contribution in [2.75, 3.05) is 5.32 Å². The van der Waals surface area contributed by atoms with E-state index in [0.29, 0.717) is 10.0 Å². The molecule has 0 amide bonds. The van der Waals surface area contributed by atoms with Crippen LogP contribution in [0.2, 0.25) is 10.0 Å². The van der Waals surface area contributed by atoms with Crippen LogP contribution in [0.25, 0.3) is 0 Å². The third-order valence-corrected chi connectivity index (χ3v) is 3.88. The number of halogens is 3. The lowest BCUT2D eigenvalue weighted by atomic mass is 10.1. The van der Waals surface area contributed by atoms with E-state index < -0.39 is 0 Å². The molecule has 0 saturated heterocycles. The highest BCUT2D eigenvalue weighted by molar-refractivity contribution is 9.10. The van der Waals surface area contributed by atoms with Gasteiger partial charge >= 0.3 is 0 Å². The molecule has 0 heterocycles. The molecule has 2 N–H and O–H groups in total. The summed E-state index contributed by atoms with van der Waals surface area (Å²) < 4.78 is 0.945. The number of aromatic hydroxyl groups is 1. The van der Waals surface area contributed by atoms with Crippen molar-refractivity contribution < 1.29 is 5.11 Å². The smallest absolute Gasteiger partial charge is 0.134 e. The molecule has 19 heavy (non-hydrogen) atoms. The van der Waals surface area contributed by atoms with E-state index in [-0.39, 0.29) is 11.8 Å². The lowest BCUT2D eigenvalue weighted by Gasteiger charge is -2.17. The van der Waals surface area contributed by atoms with Gasteiger partial charge in [0.15, 0.2) is 0 Å². The summed E-state index contributed by atoms with van der Waals surface area (Å²) in [6, 6.07) is 10.8. The summed E-state index contributed by atoms with van der Waals surface area (Å²) >= 11 is 15.5. The van der Waals surface area contributed by atoms with Crippen molar-refractivity contribution in [3.63, 3.8) is 0 Å². The lowest BCUT2D eigenvalue weighted by Crippen LogP contribution is -2.07. The van der Waals surface area contributed by atoms with E-state index >= 15 is 0 Å². The first-order valence-corrected chi connectivity index (χ1v) is 7.22. The van der Waals surface area contributed by atoms with Gasteiger partial charge in [-0.2, -0.15) is 0 Å².